The molecule has 0 aliphatic carbocycles. The lowest BCUT2D eigenvalue weighted by molar-refractivity contribution is 0.0521. The average molecular weight is 234 g/mol. The quantitative estimate of drug-likeness (QED) is 0.641. The highest BCUT2D eigenvalue weighted by Crippen LogP contribution is 2.28. The molecule has 0 saturated heterocycles. The molecule has 4 nitrogen and oxygen atoms in total. The van der Waals surface area contributed by atoms with Gasteiger partial charge in [-0.2, -0.15) is 4.39 Å². The largest absolute Gasteiger partial charge is 0.462 e. The molecule has 1 aromatic heterocycles. The summed E-state index contributed by atoms with van der Waals surface area (Å²) in [5, 5.41) is 0. The number of nitrogen functional groups attached to an aromatic ring is 1. The van der Waals surface area contributed by atoms with Crippen LogP contribution in [0, 0.1) is 5.95 Å². The smallest absolute Gasteiger partial charge is 0.344 e. The maximum absolute atomic E-state index is 13.1. The van der Waals surface area contributed by atoms with Gasteiger partial charge >= 0.3 is 5.97 Å². The van der Waals surface area contributed by atoms with Crippen LogP contribution in [0.2, 0.25) is 0 Å². The number of rotatable bonds is 3. The van der Waals surface area contributed by atoms with Crippen LogP contribution in [0.3, 0.4) is 0 Å². The fourth-order valence-corrected chi connectivity index (χ4v) is 1.09. The van der Waals surface area contributed by atoms with E-state index >= 15 is 0 Å². The third-order valence-corrected chi connectivity index (χ3v) is 1.82. The number of hydrogen-bond donors (Lipinski definition) is 1. The SMILES string of the molecule is CCOC(=O)c1c(F)ncc(C(F)F)c1N. The lowest BCUT2D eigenvalue weighted by atomic mass is 10.1. The van der Waals surface area contributed by atoms with E-state index < -0.39 is 35.2 Å². The van der Waals surface area contributed by atoms with Crippen molar-refractivity contribution in [3.8, 4) is 0 Å². The lowest BCUT2D eigenvalue weighted by Crippen LogP contribution is -2.14. The zero-order valence-corrected chi connectivity index (χ0v) is 8.34. The van der Waals surface area contributed by atoms with Gasteiger partial charge in [0.05, 0.1) is 17.9 Å². The number of ether oxygens (including phenoxy) is 1. The molecule has 88 valence electrons. The van der Waals surface area contributed by atoms with Crippen LogP contribution in [0.25, 0.3) is 0 Å². The van der Waals surface area contributed by atoms with E-state index in [0.717, 1.165) is 0 Å². The molecule has 1 heterocycles. The molecule has 2 N–H and O–H groups in total. The van der Waals surface area contributed by atoms with Gasteiger partial charge in [0.2, 0.25) is 5.95 Å². The molecule has 1 rings (SSSR count). The monoisotopic (exact) mass is 234 g/mol. The first-order valence-electron chi connectivity index (χ1n) is 4.38. The van der Waals surface area contributed by atoms with Gasteiger partial charge in [0.1, 0.15) is 5.56 Å². The molecule has 0 aromatic carbocycles. The van der Waals surface area contributed by atoms with E-state index in [-0.39, 0.29) is 6.61 Å². The van der Waals surface area contributed by atoms with E-state index in [9.17, 15) is 18.0 Å². The Morgan fingerprint density at radius 3 is 2.75 bits per heavy atom. The van der Waals surface area contributed by atoms with Gasteiger partial charge in [-0.25, -0.2) is 18.6 Å². The predicted octanol–water partition coefficient (Wildman–Crippen LogP) is 1.92. The van der Waals surface area contributed by atoms with Crippen LogP contribution in [0.5, 0.6) is 0 Å². The molecule has 0 spiro atoms. The minimum atomic E-state index is -2.93. The van der Waals surface area contributed by atoms with Crippen molar-refractivity contribution in [3.63, 3.8) is 0 Å². The van der Waals surface area contributed by atoms with E-state index in [1.54, 1.807) is 0 Å². The van der Waals surface area contributed by atoms with Crippen LogP contribution >= 0.6 is 0 Å². The third kappa shape index (κ3) is 2.23. The molecule has 0 aliphatic heterocycles. The molecule has 0 saturated carbocycles. The minimum Gasteiger partial charge on any atom is -0.462 e. The van der Waals surface area contributed by atoms with Crippen molar-refractivity contribution in [2.45, 2.75) is 13.3 Å². The van der Waals surface area contributed by atoms with Gasteiger partial charge in [-0.05, 0) is 6.92 Å². The molecule has 0 aliphatic rings. The van der Waals surface area contributed by atoms with Crippen molar-refractivity contribution < 1.29 is 22.7 Å². The standard InChI is InChI=1S/C9H9F3N2O2/c1-2-16-9(15)5-6(13)4(7(10)11)3-14-8(5)12/h3,7H,2H2,1H3,(H2,13,14). The van der Waals surface area contributed by atoms with E-state index in [1.165, 1.54) is 6.92 Å². The van der Waals surface area contributed by atoms with Crippen molar-refractivity contribution in [3.05, 3.63) is 23.3 Å². The molecule has 0 atom stereocenters. The van der Waals surface area contributed by atoms with Crippen LogP contribution in [0.4, 0.5) is 18.9 Å². The summed E-state index contributed by atoms with van der Waals surface area (Å²) in [5.41, 5.74) is 3.18. The number of pyridine rings is 1. The minimum absolute atomic E-state index is 0.0172. The Bertz CT molecular complexity index is 410. The molecule has 1 aromatic rings. The zero-order chi connectivity index (χ0) is 12.3. The second-order valence-corrected chi connectivity index (χ2v) is 2.81. The van der Waals surface area contributed by atoms with Gasteiger partial charge in [0.15, 0.2) is 0 Å². The van der Waals surface area contributed by atoms with Gasteiger partial charge in [-0.15, -0.1) is 0 Å². The normalized spacial score (nSPS) is 10.6. The number of anilines is 1. The summed E-state index contributed by atoms with van der Waals surface area (Å²) in [7, 11) is 0. The predicted molar refractivity (Wildman–Crippen MR) is 49.5 cm³/mol. The second kappa shape index (κ2) is 4.82. The van der Waals surface area contributed by atoms with Gasteiger partial charge in [-0.1, -0.05) is 0 Å². The summed E-state index contributed by atoms with van der Waals surface area (Å²) in [4.78, 5) is 14.3. The molecule has 16 heavy (non-hydrogen) atoms. The highest BCUT2D eigenvalue weighted by Gasteiger charge is 2.24. The van der Waals surface area contributed by atoms with E-state index in [0.29, 0.717) is 6.20 Å². The van der Waals surface area contributed by atoms with Gasteiger partial charge in [-0.3, -0.25) is 0 Å². The van der Waals surface area contributed by atoms with Crippen molar-refractivity contribution in [2.75, 3.05) is 12.3 Å². The highest BCUT2D eigenvalue weighted by atomic mass is 19.3. The fourth-order valence-electron chi connectivity index (χ4n) is 1.09. The maximum atomic E-state index is 13.1. The van der Waals surface area contributed by atoms with E-state index in [4.69, 9.17) is 5.73 Å². The molecule has 0 unspecified atom stereocenters. The summed E-state index contributed by atoms with van der Waals surface area (Å²) in [6, 6.07) is 0. The molecule has 7 heteroatoms. The van der Waals surface area contributed by atoms with Crippen LogP contribution in [-0.2, 0) is 4.74 Å². The molecule has 0 radical (unpaired) electrons. The number of alkyl halides is 2. The summed E-state index contributed by atoms with van der Waals surface area (Å²) in [6.45, 7) is 1.48. The van der Waals surface area contributed by atoms with Crippen LogP contribution in [0.1, 0.15) is 29.3 Å². The first-order valence-corrected chi connectivity index (χ1v) is 4.38. The summed E-state index contributed by atoms with van der Waals surface area (Å²) < 4.78 is 42.4. The van der Waals surface area contributed by atoms with Crippen LogP contribution in [0.15, 0.2) is 6.20 Å². The van der Waals surface area contributed by atoms with Crippen molar-refractivity contribution >= 4 is 11.7 Å². The van der Waals surface area contributed by atoms with E-state index in [2.05, 4.69) is 9.72 Å². The first-order chi connectivity index (χ1) is 7.49. The Morgan fingerprint density at radius 2 is 2.25 bits per heavy atom. The summed E-state index contributed by atoms with van der Waals surface area (Å²) in [5.74, 6) is -2.33. The number of halogens is 3. The number of hydrogen-bond acceptors (Lipinski definition) is 4. The van der Waals surface area contributed by atoms with Gasteiger partial charge < -0.3 is 10.5 Å². The Kier molecular flexibility index (Phi) is 3.70. The molecule has 0 fully saturated rings. The molecule has 0 bridgehead atoms. The maximum Gasteiger partial charge on any atom is 0.344 e. The highest BCUT2D eigenvalue weighted by molar-refractivity contribution is 5.95. The first kappa shape index (κ1) is 12.3. The van der Waals surface area contributed by atoms with Crippen molar-refractivity contribution in [1.29, 1.82) is 0 Å². The van der Waals surface area contributed by atoms with Crippen LogP contribution < -0.4 is 5.73 Å². The molecular weight excluding hydrogens is 225 g/mol. The number of nitrogens with zero attached hydrogens (tertiary/aromatic N) is 1. The third-order valence-electron chi connectivity index (χ3n) is 1.82. The number of esters is 1. The second-order valence-electron chi connectivity index (χ2n) is 2.81. The number of carbonyl (C=O) groups is 1. The summed E-state index contributed by atoms with van der Waals surface area (Å²) in [6.07, 6.45) is -2.33. The lowest BCUT2D eigenvalue weighted by Gasteiger charge is -2.09. The number of carbonyl (C=O) groups excluding carboxylic acids is 1. The fraction of sp³-hybridized carbons (Fsp3) is 0.333. The average Bonchev–Trinajstić information content (AvgIpc) is 2.17. The Hall–Kier alpha value is -1.79. The van der Waals surface area contributed by atoms with Crippen molar-refractivity contribution in [1.82, 2.24) is 4.98 Å². The number of aromatic nitrogens is 1. The number of nitrogens with two attached hydrogens (primary N) is 1. The van der Waals surface area contributed by atoms with Crippen molar-refractivity contribution in [2.24, 2.45) is 0 Å². The van der Waals surface area contributed by atoms with Gasteiger partial charge in [0.25, 0.3) is 6.43 Å². The van der Waals surface area contributed by atoms with Crippen LogP contribution in [-0.4, -0.2) is 17.6 Å². The molecular formula is C9H9F3N2O2. The summed E-state index contributed by atoms with van der Waals surface area (Å²) >= 11 is 0. The Balaban J connectivity index is 3.26. The zero-order valence-electron chi connectivity index (χ0n) is 8.34. The van der Waals surface area contributed by atoms with Gasteiger partial charge in [0, 0.05) is 6.20 Å². The van der Waals surface area contributed by atoms with E-state index in [1.807, 2.05) is 0 Å². The Labute approximate surface area is 89.2 Å². The topological polar surface area (TPSA) is 65.2 Å². The molecule has 0 amide bonds. The Morgan fingerprint density at radius 1 is 1.62 bits per heavy atom.